The highest BCUT2D eigenvalue weighted by Gasteiger charge is 2.24. The zero-order valence-electron chi connectivity index (χ0n) is 19.3. The number of benzene rings is 2. The van der Waals surface area contributed by atoms with Crippen LogP contribution in [-0.2, 0) is 0 Å². The molecule has 2 heterocycles. The van der Waals surface area contributed by atoms with Crippen LogP contribution in [0.2, 0.25) is 0 Å². The van der Waals surface area contributed by atoms with Gasteiger partial charge < -0.3 is 5.32 Å². The summed E-state index contributed by atoms with van der Waals surface area (Å²) in [7, 11) is 0. The van der Waals surface area contributed by atoms with Gasteiger partial charge in [-0.2, -0.15) is 0 Å². The van der Waals surface area contributed by atoms with E-state index in [1.54, 1.807) is 6.92 Å². The number of aliphatic imine (C=N–C) groups is 1. The van der Waals surface area contributed by atoms with Gasteiger partial charge in [0.15, 0.2) is 34.9 Å². The molecule has 2 aliphatic heterocycles. The molecule has 33 heavy (non-hydrogen) atoms. The number of rotatable bonds is 2. The first kappa shape index (κ1) is 26.9. The van der Waals surface area contributed by atoms with E-state index in [0.717, 1.165) is 43.5 Å². The van der Waals surface area contributed by atoms with Gasteiger partial charge in [-0.15, -0.1) is 0 Å². The minimum atomic E-state index is -1.43. The normalized spacial score (nSPS) is 21.7. The second kappa shape index (κ2) is 12.8. The van der Waals surface area contributed by atoms with E-state index in [9.17, 15) is 26.3 Å². The summed E-state index contributed by atoms with van der Waals surface area (Å²) in [6, 6.07) is 4.57. The van der Waals surface area contributed by atoms with Crippen LogP contribution in [0.5, 0.6) is 0 Å². The fourth-order valence-corrected chi connectivity index (χ4v) is 3.65. The van der Waals surface area contributed by atoms with Crippen molar-refractivity contribution < 1.29 is 27.7 Å². The molecule has 2 nitrogen and oxygen atoms in total. The van der Waals surface area contributed by atoms with E-state index in [1.165, 1.54) is 0 Å². The van der Waals surface area contributed by atoms with Crippen LogP contribution in [0.15, 0.2) is 29.3 Å². The third-order valence-electron chi connectivity index (χ3n) is 5.27. The van der Waals surface area contributed by atoms with Crippen molar-refractivity contribution in [2.45, 2.75) is 78.9 Å². The first-order valence-electron chi connectivity index (χ1n) is 11.2. The van der Waals surface area contributed by atoms with Gasteiger partial charge >= 0.3 is 0 Å². The van der Waals surface area contributed by atoms with Crippen LogP contribution in [0.25, 0.3) is 0 Å². The van der Waals surface area contributed by atoms with E-state index >= 15 is 0 Å². The number of nitrogens with one attached hydrogen (secondary N) is 1. The Balaban J connectivity index is 0.000000297. The van der Waals surface area contributed by atoms with Gasteiger partial charge in [0.2, 0.25) is 0 Å². The maximum Gasteiger partial charge on any atom is 0.194 e. The third kappa shape index (κ3) is 7.32. The lowest BCUT2D eigenvalue weighted by Gasteiger charge is -2.12. The van der Waals surface area contributed by atoms with Gasteiger partial charge in [0.1, 0.15) is 0 Å². The summed E-state index contributed by atoms with van der Waals surface area (Å²) in [5, 5.41) is 3.19. The number of hydrogen-bond acceptors (Lipinski definition) is 2. The van der Waals surface area contributed by atoms with Crippen molar-refractivity contribution in [3.63, 3.8) is 0 Å². The SMILES string of the molecule is C.C[C@H]1CCC(c2cc(F)c(F)c(F)c2)=N1.C[C@H]1CC[C@@H](c2cc(F)c(F)c(F)c2)N1.[2H]CC. The molecule has 0 bridgehead atoms. The standard InChI is InChI=1S/C11H12F3N.C11H10F3N.C2H6.CH4/c2*1-6-2-3-10(15-6)7-4-8(12)11(14)9(13)5-7;1-2;/h4-6,10,15H,2-3H2,1H3;4-6H,2-3H2,1H3;1-2H3;1H4/t6-,10-;6-;;/m00../s1/i;;1D;. The van der Waals surface area contributed by atoms with Crippen LogP contribution in [-0.4, -0.2) is 17.8 Å². The lowest BCUT2D eigenvalue weighted by atomic mass is 10.0. The van der Waals surface area contributed by atoms with Crippen LogP contribution in [0.1, 0.15) is 79.3 Å². The van der Waals surface area contributed by atoms with Gasteiger partial charge in [-0.25, -0.2) is 26.3 Å². The van der Waals surface area contributed by atoms with Gasteiger partial charge in [-0.05, 0) is 69.4 Å². The Hall–Kier alpha value is -2.35. The molecule has 1 N–H and O–H groups in total. The molecule has 4 rings (SSSR count). The molecule has 0 aliphatic carbocycles. The van der Waals surface area contributed by atoms with E-state index in [2.05, 4.69) is 10.3 Å². The molecule has 1 saturated heterocycles. The summed E-state index contributed by atoms with van der Waals surface area (Å²) < 4.78 is 83.3. The Bertz CT molecular complexity index is 936. The van der Waals surface area contributed by atoms with Crippen molar-refractivity contribution >= 4 is 5.71 Å². The third-order valence-corrected chi connectivity index (χ3v) is 5.27. The summed E-state index contributed by atoms with van der Waals surface area (Å²) in [5.74, 6) is -7.38. The Labute approximate surface area is 193 Å². The van der Waals surface area contributed by atoms with Gasteiger partial charge in [0, 0.05) is 30.8 Å². The van der Waals surface area contributed by atoms with Crippen LogP contribution >= 0.6 is 0 Å². The van der Waals surface area contributed by atoms with E-state index in [4.69, 9.17) is 1.37 Å². The Kier molecular flexibility index (Phi) is 10.4. The van der Waals surface area contributed by atoms with Crippen LogP contribution < -0.4 is 5.32 Å². The second-order valence-electron chi connectivity index (χ2n) is 7.71. The van der Waals surface area contributed by atoms with Crippen molar-refractivity contribution in [2.75, 3.05) is 0 Å². The average Bonchev–Trinajstić information content (AvgIpc) is 3.39. The molecule has 8 heteroatoms. The monoisotopic (exact) mass is 475 g/mol. The molecule has 1 fully saturated rings. The largest absolute Gasteiger partial charge is 0.307 e. The minimum Gasteiger partial charge on any atom is -0.307 e. The molecule has 0 amide bonds. The Morgan fingerprint density at radius 1 is 0.848 bits per heavy atom. The predicted molar refractivity (Wildman–Crippen MR) is 121 cm³/mol. The fraction of sp³-hybridized carbons (Fsp3) is 0.480. The lowest BCUT2D eigenvalue weighted by molar-refractivity contribution is 0.441. The summed E-state index contributed by atoms with van der Waals surface area (Å²) in [4.78, 5) is 4.23. The zero-order chi connectivity index (χ0) is 24.7. The first-order valence-corrected chi connectivity index (χ1v) is 10.5. The van der Waals surface area contributed by atoms with Gasteiger partial charge in [0.05, 0.1) is 0 Å². The highest BCUT2D eigenvalue weighted by atomic mass is 19.2. The molecule has 184 valence electrons. The molecule has 3 atom stereocenters. The molecule has 0 aromatic heterocycles. The van der Waals surface area contributed by atoms with Crippen LogP contribution in [0, 0.1) is 34.9 Å². The van der Waals surface area contributed by atoms with E-state index in [1.807, 2.05) is 13.8 Å². The van der Waals surface area contributed by atoms with Crippen LogP contribution in [0.4, 0.5) is 26.3 Å². The Morgan fingerprint density at radius 3 is 1.73 bits per heavy atom. The Morgan fingerprint density at radius 2 is 1.33 bits per heavy atom. The van der Waals surface area contributed by atoms with Crippen LogP contribution in [0.3, 0.4) is 0 Å². The van der Waals surface area contributed by atoms with Crippen molar-refractivity contribution in [1.82, 2.24) is 5.32 Å². The summed E-state index contributed by atoms with van der Waals surface area (Å²) in [6.45, 7) is 6.24. The van der Waals surface area contributed by atoms with Crippen molar-refractivity contribution in [1.29, 1.82) is 0 Å². The molecular formula is C25H32F6N2. The molecule has 0 radical (unpaired) electrons. The predicted octanol–water partition coefficient (Wildman–Crippen LogP) is 7.65. The topological polar surface area (TPSA) is 24.4 Å². The highest BCUT2D eigenvalue weighted by Crippen LogP contribution is 2.28. The summed E-state index contributed by atoms with van der Waals surface area (Å²) in [6.07, 6.45) is 3.35. The number of hydrogen-bond donors (Lipinski definition) is 1. The molecule has 2 aromatic rings. The summed E-state index contributed by atoms with van der Waals surface area (Å²) >= 11 is 0. The first-order chi connectivity index (χ1) is 15.6. The maximum atomic E-state index is 12.9. The number of nitrogens with zero attached hydrogens (tertiary/aromatic N) is 1. The summed E-state index contributed by atoms with van der Waals surface area (Å²) in [5.41, 5.74) is 1.48. The molecule has 0 saturated carbocycles. The average molecular weight is 476 g/mol. The highest BCUT2D eigenvalue weighted by molar-refractivity contribution is 6.01. The molecule has 0 unspecified atom stereocenters. The van der Waals surface area contributed by atoms with Crippen molar-refractivity contribution in [3.05, 3.63) is 70.3 Å². The lowest BCUT2D eigenvalue weighted by Crippen LogP contribution is -2.21. The minimum absolute atomic E-state index is 0. The maximum absolute atomic E-state index is 12.9. The molecule has 2 aliphatic rings. The van der Waals surface area contributed by atoms with Crippen molar-refractivity contribution in [2.24, 2.45) is 4.99 Å². The second-order valence-corrected chi connectivity index (χ2v) is 7.71. The molecular weight excluding hydrogens is 442 g/mol. The smallest absolute Gasteiger partial charge is 0.194 e. The van der Waals surface area contributed by atoms with Gasteiger partial charge in [-0.1, -0.05) is 21.3 Å². The van der Waals surface area contributed by atoms with E-state index in [-0.39, 0.29) is 19.5 Å². The van der Waals surface area contributed by atoms with Gasteiger partial charge in [0.25, 0.3) is 0 Å². The molecule has 0 spiro atoms. The quantitative estimate of drug-likeness (QED) is 0.350. The number of halogens is 6. The van der Waals surface area contributed by atoms with Gasteiger partial charge in [-0.3, -0.25) is 4.99 Å². The van der Waals surface area contributed by atoms with E-state index < -0.39 is 34.9 Å². The van der Waals surface area contributed by atoms with E-state index in [0.29, 0.717) is 36.2 Å². The van der Waals surface area contributed by atoms with Crippen molar-refractivity contribution in [3.8, 4) is 0 Å². The molecule has 2 aromatic carbocycles. The zero-order valence-corrected chi connectivity index (χ0v) is 18.3. The fourth-order valence-electron chi connectivity index (χ4n) is 3.65.